The molecule has 8 heteroatoms. The number of anilines is 1. The fourth-order valence-electron chi connectivity index (χ4n) is 1.86. The molecule has 0 saturated heterocycles. The summed E-state index contributed by atoms with van der Waals surface area (Å²) in [6, 6.07) is 11.1. The Kier molecular flexibility index (Phi) is 5.08. The van der Waals surface area contributed by atoms with E-state index in [1.807, 2.05) is 0 Å². The summed E-state index contributed by atoms with van der Waals surface area (Å²) in [5.74, 6) is -2.16. The van der Waals surface area contributed by atoms with Crippen molar-refractivity contribution < 1.29 is 32.2 Å². The molecule has 2 rings (SSSR count). The van der Waals surface area contributed by atoms with Crippen molar-refractivity contribution in [2.24, 2.45) is 0 Å². The zero-order valence-corrected chi connectivity index (χ0v) is 12.4. The Morgan fingerprint density at radius 2 is 1.67 bits per heavy atom. The lowest BCUT2D eigenvalue weighted by atomic mass is 10.1. The van der Waals surface area contributed by atoms with Gasteiger partial charge in [0.2, 0.25) is 0 Å². The van der Waals surface area contributed by atoms with Crippen molar-refractivity contribution in [3.63, 3.8) is 0 Å². The predicted molar refractivity (Wildman–Crippen MR) is 78.9 cm³/mol. The number of alkyl halides is 3. The number of halogens is 3. The Balaban J connectivity index is 2.34. The number of hydrogen-bond donors (Lipinski definition) is 1. The van der Waals surface area contributed by atoms with Crippen LogP contribution in [-0.4, -0.2) is 25.3 Å². The van der Waals surface area contributed by atoms with E-state index in [1.54, 1.807) is 18.2 Å². The highest BCUT2D eigenvalue weighted by Crippen LogP contribution is 2.32. The zero-order valence-electron chi connectivity index (χ0n) is 12.4. The lowest BCUT2D eigenvalue weighted by Gasteiger charge is -2.15. The Hall–Kier alpha value is -3.03. The first-order chi connectivity index (χ1) is 11.3. The summed E-state index contributed by atoms with van der Waals surface area (Å²) in [7, 11) is 1.09. The van der Waals surface area contributed by atoms with Crippen molar-refractivity contribution in [1.29, 1.82) is 0 Å². The predicted octanol–water partition coefficient (Wildman–Crippen LogP) is 3.62. The molecule has 0 radical (unpaired) electrons. The van der Waals surface area contributed by atoms with Gasteiger partial charge in [0.15, 0.2) is 5.75 Å². The molecule has 0 heterocycles. The van der Waals surface area contributed by atoms with Gasteiger partial charge in [0, 0.05) is 5.56 Å². The van der Waals surface area contributed by atoms with Gasteiger partial charge < -0.3 is 14.8 Å². The van der Waals surface area contributed by atoms with Crippen molar-refractivity contribution in [1.82, 2.24) is 0 Å². The highest BCUT2D eigenvalue weighted by Gasteiger charge is 2.33. The van der Waals surface area contributed by atoms with E-state index in [9.17, 15) is 22.8 Å². The summed E-state index contributed by atoms with van der Waals surface area (Å²) >= 11 is 0. The standard InChI is InChI=1S/C16H12F3NO4/c1-23-15(22)11-7-8-12(13(9-11)24-16(17,18)19)20-14(21)10-5-3-2-4-6-10/h2-9H,1H3,(H,20,21). The number of esters is 1. The third-order valence-corrected chi connectivity index (χ3v) is 2.91. The molecule has 24 heavy (non-hydrogen) atoms. The minimum Gasteiger partial charge on any atom is -0.465 e. The molecule has 0 aromatic heterocycles. The number of amides is 1. The van der Waals surface area contributed by atoms with Crippen LogP contribution in [0.15, 0.2) is 48.5 Å². The van der Waals surface area contributed by atoms with Crippen molar-refractivity contribution in [2.45, 2.75) is 6.36 Å². The minimum absolute atomic E-state index is 0.144. The molecule has 0 unspecified atom stereocenters. The minimum atomic E-state index is -4.99. The molecular formula is C16H12F3NO4. The Morgan fingerprint density at radius 1 is 1.00 bits per heavy atom. The summed E-state index contributed by atoms with van der Waals surface area (Å²) in [5.41, 5.74) is -0.115. The molecule has 5 nitrogen and oxygen atoms in total. The molecule has 0 bridgehead atoms. The molecule has 0 aliphatic rings. The zero-order chi connectivity index (χ0) is 17.7. The summed E-state index contributed by atoms with van der Waals surface area (Å²) in [6.45, 7) is 0. The molecule has 2 aromatic rings. The van der Waals surface area contributed by atoms with Crippen LogP contribution in [0.4, 0.5) is 18.9 Å². The second kappa shape index (κ2) is 7.03. The number of nitrogens with one attached hydrogen (secondary N) is 1. The summed E-state index contributed by atoms with van der Waals surface area (Å²) in [6.07, 6.45) is -4.99. The van der Waals surface area contributed by atoms with Crippen molar-refractivity contribution in [3.8, 4) is 5.75 Å². The maximum absolute atomic E-state index is 12.5. The number of ether oxygens (including phenoxy) is 2. The maximum atomic E-state index is 12.5. The quantitative estimate of drug-likeness (QED) is 0.864. The van der Waals surface area contributed by atoms with Gasteiger partial charge in [0.05, 0.1) is 18.4 Å². The highest BCUT2D eigenvalue weighted by atomic mass is 19.4. The van der Waals surface area contributed by atoms with Gasteiger partial charge in [0.25, 0.3) is 5.91 Å². The van der Waals surface area contributed by atoms with Crippen LogP contribution in [0, 0.1) is 0 Å². The first kappa shape index (κ1) is 17.3. The molecule has 126 valence electrons. The van der Waals surface area contributed by atoms with E-state index >= 15 is 0 Å². The number of benzene rings is 2. The maximum Gasteiger partial charge on any atom is 0.573 e. The van der Waals surface area contributed by atoms with Crippen LogP contribution in [0.1, 0.15) is 20.7 Å². The van der Waals surface area contributed by atoms with Crippen LogP contribution in [0.3, 0.4) is 0 Å². The highest BCUT2D eigenvalue weighted by molar-refractivity contribution is 6.05. The van der Waals surface area contributed by atoms with E-state index < -0.39 is 24.0 Å². The van der Waals surface area contributed by atoms with Gasteiger partial charge in [-0.1, -0.05) is 18.2 Å². The average molecular weight is 339 g/mol. The van der Waals surface area contributed by atoms with E-state index in [2.05, 4.69) is 14.8 Å². The number of carbonyl (C=O) groups is 2. The number of carbonyl (C=O) groups excluding carboxylic acids is 2. The molecule has 0 atom stereocenters. The molecule has 0 spiro atoms. The van der Waals surface area contributed by atoms with E-state index in [1.165, 1.54) is 18.2 Å². The van der Waals surface area contributed by atoms with Gasteiger partial charge in [-0.15, -0.1) is 13.2 Å². The Morgan fingerprint density at radius 3 is 2.25 bits per heavy atom. The topological polar surface area (TPSA) is 64.6 Å². The molecule has 0 aliphatic carbocycles. The number of rotatable bonds is 4. The van der Waals surface area contributed by atoms with E-state index in [0.717, 1.165) is 19.2 Å². The Bertz CT molecular complexity index is 745. The van der Waals surface area contributed by atoms with Gasteiger partial charge in [0.1, 0.15) is 0 Å². The molecule has 1 amide bonds. The van der Waals surface area contributed by atoms with Gasteiger partial charge in [-0.2, -0.15) is 0 Å². The number of hydrogen-bond acceptors (Lipinski definition) is 4. The van der Waals surface area contributed by atoms with Crippen LogP contribution in [0.5, 0.6) is 5.75 Å². The second-order valence-corrected chi connectivity index (χ2v) is 4.57. The second-order valence-electron chi connectivity index (χ2n) is 4.57. The van der Waals surface area contributed by atoms with Crippen LogP contribution in [-0.2, 0) is 4.74 Å². The smallest absolute Gasteiger partial charge is 0.465 e. The molecular weight excluding hydrogens is 327 g/mol. The van der Waals surface area contributed by atoms with E-state index in [4.69, 9.17) is 0 Å². The van der Waals surface area contributed by atoms with Gasteiger partial charge in [-0.05, 0) is 30.3 Å². The third-order valence-electron chi connectivity index (χ3n) is 2.91. The van der Waals surface area contributed by atoms with Crippen LogP contribution in [0.25, 0.3) is 0 Å². The normalized spacial score (nSPS) is 10.8. The van der Waals surface area contributed by atoms with E-state index in [-0.39, 0.29) is 16.8 Å². The SMILES string of the molecule is COC(=O)c1ccc(NC(=O)c2ccccc2)c(OC(F)(F)F)c1. The fraction of sp³-hybridized carbons (Fsp3) is 0.125. The summed E-state index contributed by atoms with van der Waals surface area (Å²) in [5, 5.41) is 2.32. The lowest BCUT2D eigenvalue weighted by Crippen LogP contribution is -2.20. The van der Waals surface area contributed by atoms with Crippen LogP contribution >= 0.6 is 0 Å². The lowest BCUT2D eigenvalue weighted by molar-refractivity contribution is -0.274. The van der Waals surface area contributed by atoms with Crippen LogP contribution in [0.2, 0.25) is 0 Å². The fourth-order valence-corrected chi connectivity index (χ4v) is 1.86. The first-order valence-corrected chi connectivity index (χ1v) is 6.64. The van der Waals surface area contributed by atoms with Crippen LogP contribution < -0.4 is 10.1 Å². The van der Waals surface area contributed by atoms with Gasteiger partial charge >= 0.3 is 12.3 Å². The van der Waals surface area contributed by atoms with Crippen molar-refractivity contribution in [2.75, 3.05) is 12.4 Å². The van der Waals surface area contributed by atoms with E-state index in [0.29, 0.717) is 0 Å². The van der Waals surface area contributed by atoms with Gasteiger partial charge in [-0.3, -0.25) is 4.79 Å². The molecule has 0 aliphatic heterocycles. The summed E-state index contributed by atoms with van der Waals surface area (Å²) < 4.78 is 46.0. The molecule has 0 fully saturated rings. The van der Waals surface area contributed by atoms with Crippen molar-refractivity contribution >= 4 is 17.6 Å². The average Bonchev–Trinajstić information content (AvgIpc) is 2.55. The largest absolute Gasteiger partial charge is 0.573 e. The first-order valence-electron chi connectivity index (χ1n) is 6.64. The van der Waals surface area contributed by atoms with Gasteiger partial charge in [-0.25, -0.2) is 4.79 Å². The molecule has 1 N–H and O–H groups in total. The Labute approximate surface area is 135 Å². The van der Waals surface area contributed by atoms with Crippen molar-refractivity contribution in [3.05, 3.63) is 59.7 Å². The number of methoxy groups -OCH3 is 1. The summed E-state index contributed by atoms with van der Waals surface area (Å²) in [4.78, 5) is 23.5. The molecule has 0 saturated carbocycles. The third kappa shape index (κ3) is 4.48. The molecule has 2 aromatic carbocycles. The monoisotopic (exact) mass is 339 g/mol.